The van der Waals surface area contributed by atoms with Crippen LogP contribution in [0.1, 0.15) is 33.6 Å². The molecule has 0 aromatic heterocycles. The van der Waals surface area contributed by atoms with Crippen LogP contribution in [0.25, 0.3) is 0 Å². The van der Waals surface area contributed by atoms with Gasteiger partial charge in [0.05, 0.1) is 10.2 Å². The fourth-order valence-electron chi connectivity index (χ4n) is 1.07. The molecule has 0 saturated heterocycles. The maximum Gasteiger partial charge on any atom is 0.411 e. The van der Waals surface area contributed by atoms with Crippen LogP contribution >= 0.6 is 15.9 Å². The molecule has 0 aromatic rings. The number of allylic oxidation sites excluding steroid dienone is 1. The van der Waals surface area contributed by atoms with Crippen molar-refractivity contribution in [2.45, 2.75) is 39.2 Å². The highest BCUT2D eigenvalue weighted by molar-refractivity contribution is 9.12. The van der Waals surface area contributed by atoms with E-state index in [-0.39, 0.29) is 0 Å². The highest BCUT2D eigenvalue weighted by Crippen LogP contribution is 2.33. The summed E-state index contributed by atoms with van der Waals surface area (Å²) in [6, 6.07) is 0. The minimum atomic E-state index is -0.506. The SMILES string of the molecule is CC(C)(C)OC(=O)N/C=C(/Br)C(=N)C1CC1. The summed E-state index contributed by atoms with van der Waals surface area (Å²) in [5.41, 5.74) is 0.0325. The summed E-state index contributed by atoms with van der Waals surface area (Å²) in [7, 11) is 0. The molecule has 0 aliphatic heterocycles. The summed E-state index contributed by atoms with van der Waals surface area (Å²) < 4.78 is 5.67. The highest BCUT2D eigenvalue weighted by atomic mass is 79.9. The zero-order valence-electron chi connectivity index (χ0n) is 9.76. The maximum atomic E-state index is 11.3. The third-order valence-corrected chi connectivity index (χ3v) is 2.61. The molecule has 0 heterocycles. The predicted octanol–water partition coefficient (Wildman–Crippen LogP) is 3.18. The molecule has 1 aliphatic carbocycles. The van der Waals surface area contributed by atoms with Gasteiger partial charge in [-0.25, -0.2) is 4.79 Å². The second-order valence-corrected chi connectivity index (χ2v) is 5.68. The van der Waals surface area contributed by atoms with Gasteiger partial charge in [0.25, 0.3) is 0 Å². The topological polar surface area (TPSA) is 62.2 Å². The number of hydrogen-bond donors (Lipinski definition) is 2. The van der Waals surface area contributed by atoms with Gasteiger partial charge in [0.2, 0.25) is 0 Å². The number of amides is 1. The summed E-state index contributed by atoms with van der Waals surface area (Å²) in [5, 5.41) is 10.2. The third-order valence-electron chi connectivity index (χ3n) is 1.96. The standard InChI is InChI=1S/C11H17BrN2O2/c1-11(2,3)16-10(15)14-6-8(12)9(13)7-4-5-7/h6-7,13H,4-5H2,1-3H3,(H,14,15)/b8-6+,13-9?. The smallest absolute Gasteiger partial charge is 0.411 e. The van der Waals surface area contributed by atoms with Crippen molar-refractivity contribution >= 4 is 27.7 Å². The molecule has 2 N–H and O–H groups in total. The van der Waals surface area contributed by atoms with Gasteiger partial charge in [-0.3, -0.25) is 5.32 Å². The Labute approximate surface area is 104 Å². The molecule has 0 unspecified atom stereocenters. The third kappa shape index (κ3) is 4.79. The lowest BCUT2D eigenvalue weighted by atomic mass is 10.2. The molecular formula is C11H17BrN2O2. The second kappa shape index (κ2) is 4.99. The van der Waals surface area contributed by atoms with Gasteiger partial charge >= 0.3 is 6.09 Å². The largest absolute Gasteiger partial charge is 0.444 e. The van der Waals surface area contributed by atoms with Crippen molar-refractivity contribution in [3.8, 4) is 0 Å². The van der Waals surface area contributed by atoms with Gasteiger partial charge in [0.15, 0.2) is 0 Å². The van der Waals surface area contributed by atoms with E-state index in [1.165, 1.54) is 6.20 Å². The zero-order valence-corrected chi connectivity index (χ0v) is 11.3. The highest BCUT2D eigenvalue weighted by Gasteiger charge is 2.27. The quantitative estimate of drug-likeness (QED) is 0.784. The number of alkyl carbamates (subject to hydrolysis) is 1. The number of carbonyl (C=O) groups is 1. The molecule has 0 aromatic carbocycles. The Morgan fingerprint density at radius 3 is 2.50 bits per heavy atom. The van der Waals surface area contributed by atoms with Crippen molar-refractivity contribution in [3.05, 3.63) is 10.7 Å². The molecule has 0 bridgehead atoms. The van der Waals surface area contributed by atoms with Gasteiger partial charge in [-0.05, 0) is 49.5 Å². The first-order valence-corrected chi connectivity index (χ1v) is 6.03. The Bertz CT molecular complexity index is 327. The van der Waals surface area contributed by atoms with Gasteiger partial charge in [-0.15, -0.1) is 0 Å². The minimum absolute atomic E-state index is 0.353. The fourth-order valence-corrected chi connectivity index (χ4v) is 1.51. The van der Waals surface area contributed by atoms with E-state index < -0.39 is 11.7 Å². The summed E-state index contributed by atoms with van der Waals surface area (Å²) in [4.78, 5) is 11.3. The Balaban J connectivity index is 2.39. The number of hydrogen-bond acceptors (Lipinski definition) is 3. The molecule has 90 valence electrons. The van der Waals surface area contributed by atoms with Gasteiger partial charge in [-0.2, -0.15) is 0 Å². The lowest BCUT2D eigenvalue weighted by Gasteiger charge is -2.18. The lowest BCUT2D eigenvalue weighted by Crippen LogP contribution is -2.30. The molecule has 5 heteroatoms. The van der Waals surface area contributed by atoms with Gasteiger partial charge < -0.3 is 10.1 Å². The van der Waals surface area contributed by atoms with E-state index in [4.69, 9.17) is 10.1 Å². The van der Waals surface area contributed by atoms with E-state index in [0.29, 0.717) is 16.1 Å². The fraction of sp³-hybridized carbons (Fsp3) is 0.636. The Hall–Kier alpha value is -0.840. The first-order valence-electron chi connectivity index (χ1n) is 5.23. The number of nitrogens with one attached hydrogen (secondary N) is 2. The Morgan fingerprint density at radius 2 is 2.06 bits per heavy atom. The Kier molecular flexibility index (Phi) is 4.13. The van der Waals surface area contributed by atoms with Crippen LogP contribution in [0.5, 0.6) is 0 Å². The zero-order chi connectivity index (χ0) is 12.3. The van der Waals surface area contributed by atoms with E-state index in [9.17, 15) is 4.79 Å². The van der Waals surface area contributed by atoms with Crippen LogP contribution in [-0.2, 0) is 4.74 Å². The van der Waals surface area contributed by atoms with Crippen molar-refractivity contribution in [1.29, 1.82) is 5.41 Å². The summed E-state index contributed by atoms with van der Waals surface area (Å²) >= 11 is 3.26. The average Bonchev–Trinajstić information content (AvgIpc) is 2.93. The van der Waals surface area contributed by atoms with Crippen LogP contribution < -0.4 is 5.32 Å². The summed E-state index contributed by atoms with van der Waals surface area (Å²) in [6.45, 7) is 5.41. The normalized spacial score (nSPS) is 16.9. The first kappa shape index (κ1) is 13.2. The second-order valence-electron chi connectivity index (χ2n) is 4.83. The molecule has 0 radical (unpaired) electrons. The first-order chi connectivity index (χ1) is 7.29. The number of rotatable bonds is 3. The van der Waals surface area contributed by atoms with Crippen LogP contribution in [0.4, 0.5) is 4.79 Å². The van der Waals surface area contributed by atoms with Crippen molar-refractivity contribution in [2.75, 3.05) is 0 Å². The van der Waals surface area contributed by atoms with Crippen LogP contribution in [0, 0.1) is 11.3 Å². The number of carbonyl (C=O) groups excluding carboxylic acids is 1. The van der Waals surface area contributed by atoms with Gasteiger partial charge in [0.1, 0.15) is 5.60 Å². The number of halogens is 1. The van der Waals surface area contributed by atoms with Crippen molar-refractivity contribution < 1.29 is 9.53 Å². The molecular weight excluding hydrogens is 272 g/mol. The lowest BCUT2D eigenvalue weighted by molar-refractivity contribution is 0.0552. The molecule has 16 heavy (non-hydrogen) atoms. The van der Waals surface area contributed by atoms with E-state index in [1.54, 1.807) is 20.8 Å². The molecule has 4 nitrogen and oxygen atoms in total. The van der Waals surface area contributed by atoms with Crippen LogP contribution in [0.3, 0.4) is 0 Å². The molecule has 1 rings (SSSR count). The van der Waals surface area contributed by atoms with Gasteiger partial charge in [-0.1, -0.05) is 0 Å². The molecule has 1 aliphatic rings. The molecule has 1 amide bonds. The minimum Gasteiger partial charge on any atom is -0.444 e. The number of ether oxygens (including phenoxy) is 1. The maximum absolute atomic E-state index is 11.3. The monoisotopic (exact) mass is 288 g/mol. The van der Waals surface area contributed by atoms with E-state index in [1.807, 2.05) is 0 Å². The van der Waals surface area contributed by atoms with E-state index in [0.717, 1.165) is 12.8 Å². The Morgan fingerprint density at radius 1 is 1.50 bits per heavy atom. The summed E-state index contributed by atoms with van der Waals surface area (Å²) in [6.07, 6.45) is 3.09. The van der Waals surface area contributed by atoms with Crippen molar-refractivity contribution in [1.82, 2.24) is 5.32 Å². The van der Waals surface area contributed by atoms with E-state index >= 15 is 0 Å². The van der Waals surface area contributed by atoms with Gasteiger partial charge in [0, 0.05) is 12.1 Å². The van der Waals surface area contributed by atoms with Crippen molar-refractivity contribution in [2.24, 2.45) is 5.92 Å². The van der Waals surface area contributed by atoms with Crippen LogP contribution in [0.15, 0.2) is 10.7 Å². The van der Waals surface area contributed by atoms with Crippen LogP contribution in [0.2, 0.25) is 0 Å². The molecule has 1 fully saturated rings. The predicted molar refractivity (Wildman–Crippen MR) is 66.8 cm³/mol. The summed E-state index contributed by atoms with van der Waals surface area (Å²) in [5.74, 6) is 0.353. The van der Waals surface area contributed by atoms with Crippen molar-refractivity contribution in [3.63, 3.8) is 0 Å². The average molecular weight is 289 g/mol. The van der Waals surface area contributed by atoms with Crippen LogP contribution in [-0.4, -0.2) is 17.4 Å². The van der Waals surface area contributed by atoms with E-state index in [2.05, 4.69) is 21.2 Å². The molecule has 1 saturated carbocycles. The molecule has 0 spiro atoms. The molecule has 0 atom stereocenters.